The zero-order valence-corrected chi connectivity index (χ0v) is 8.90. The molecule has 2 aliphatic heterocycles. The first-order valence-electron chi connectivity index (χ1n) is 5.39. The summed E-state index contributed by atoms with van der Waals surface area (Å²) in [4.78, 5) is 7.06. The molecule has 0 atom stereocenters. The van der Waals surface area contributed by atoms with Crippen LogP contribution in [0.25, 0.3) is 11.3 Å². The Bertz CT molecular complexity index is 464. The highest BCUT2D eigenvalue weighted by Gasteiger charge is 2.21. The van der Waals surface area contributed by atoms with Crippen molar-refractivity contribution < 1.29 is 0 Å². The molecule has 0 bridgehead atoms. The number of nitrogens with zero attached hydrogens (tertiary/aromatic N) is 2. The average Bonchev–Trinajstić information content (AvgIpc) is 2.44. The van der Waals surface area contributed by atoms with Gasteiger partial charge in [-0.3, -0.25) is 4.98 Å². The maximum absolute atomic E-state index is 4.70. The second kappa shape index (κ2) is 3.31. The van der Waals surface area contributed by atoms with Gasteiger partial charge in [0, 0.05) is 30.8 Å². The van der Waals surface area contributed by atoms with E-state index in [1.54, 1.807) is 0 Å². The van der Waals surface area contributed by atoms with Gasteiger partial charge < -0.3 is 4.90 Å². The van der Waals surface area contributed by atoms with E-state index in [0.29, 0.717) is 0 Å². The zero-order chi connectivity index (χ0) is 10.3. The fourth-order valence-electron chi connectivity index (χ4n) is 2.29. The molecule has 0 amide bonds. The summed E-state index contributed by atoms with van der Waals surface area (Å²) in [6, 6.07) is 10.5. The molecule has 15 heavy (non-hydrogen) atoms. The zero-order valence-electron chi connectivity index (χ0n) is 8.90. The van der Waals surface area contributed by atoms with E-state index in [2.05, 4.69) is 42.3 Å². The van der Waals surface area contributed by atoms with Crippen LogP contribution in [0.4, 0.5) is 0 Å². The van der Waals surface area contributed by atoms with Crippen LogP contribution in [0, 0.1) is 0 Å². The van der Waals surface area contributed by atoms with Crippen molar-refractivity contribution >= 4 is 0 Å². The molecule has 3 aliphatic rings. The molecule has 3 rings (SSSR count). The van der Waals surface area contributed by atoms with Gasteiger partial charge in [0.05, 0.1) is 5.69 Å². The first-order chi connectivity index (χ1) is 7.34. The van der Waals surface area contributed by atoms with E-state index in [1.165, 1.54) is 16.8 Å². The third-order valence-corrected chi connectivity index (χ3v) is 3.10. The lowest BCUT2D eigenvalue weighted by Crippen LogP contribution is -2.26. The van der Waals surface area contributed by atoms with Crippen LogP contribution < -0.4 is 0 Å². The highest BCUT2D eigenvalue weighted by atomic mass is 15.1. The number of aromatic nitrogens is 1. The van der Waals surface area contributed by atoms with Crippen molar-refractivity contribution in [2.75, 3.05) is 13.6 Å². The summed E-state index contributed by atoms with van der Waals surface area (Å²) in [5.41, 5.74) is 5.19. The minimum absolute atomic E-state index is 1.04. The van der Waals surface area contributed by atoms with Gasteiger partial charge in [0.2, 0.25) is 0 Å². The van der Waals surface area contributed by atoms with Crippen molar-refractivity contribution in [2.45, 2.75) is 13.0 Å². The Morgan fingerprint density at radius 2 is 2.07 bits per heavy atom. The normalized spacial score (nSPS) is 16.6. The lowest BCUT2D eigenvalue weighted by Gasteiger charge is -2.21. The second-order valence-corrected chi connectivity index (χ2v) is 4.23. The summed E-state index contributed by atoms with van der Waals surface area (Å²) < 4.78 is 0. The monoisotopic (exact) mass is 198 g/mol. The molecule has 2 heteroatoms. The van der Waals surface area contributed by atoms with Crippen LogP contribution in [0.5, 0.6) is 0 Å². The molecule has 0 saturated heterocycles. The number of hydrogen-bond acceptors (Lipinski definition) is 2. The van der Waals surface area contributed by atoms with Gasteiger partial charge in [-0.2, -0.15) is 0 Å². The smallest absolute Gasteiger partial charge is 0.0709 e. The third-order valence-electron chi connectivity index (χ3n) is 3.10. The lowest BCUT2D eigenvalue weighted by atomic mass is 10.0. The first-order valence-corrected chi connectivity index (χ1v) is 5.39. The van der Waals surface area contributed by atoms with Gasteiger partial charge >= 0.3 is 0 Å². The molecular formula is C13H14N2. The number of hydrogen-bond donors (Lipinski definition) is 0. The van der Waals surface area contributed by atoms with Crippen LogP contribution in [0.1, 0.15) is 11.3 Å². The van der Waals surface area contributed by atoms with E-state index in [-0.39, 0.29) is 0 Å². The molecule has 0 saturated carbocycles. The summed E-state index contributed by atoms with van der Waals surface area (Å²) in [6.07, 6.45) is 1.09. The fraction of sp³-hybridized carbons (Fsp3) is 0.308. The summed E-state index contributed by atoms with van der Waals surface area (Å²) >= 11 is 0. The van der Waals surface area contributed by atoms with Crippen LogP contribution in [-0.4, -0.2) is 23.5 Å². The molecule has 76 valence electrons. The molecule has 0 spiro atoms. The Morgan fingerprint density at radius 1 is 1.20 bits per heavy atom. The van der Waals surface area contributed by atoms with Crippen molar-refractivity contribution in [2.24, 2.45) is 0 Å². The van der Waals surface area contributed by atoms with Crippen LogP contribution in [-0.2, 0) is 13.0 Å². The molecule has 2 nitrogen and oxygen atoms in total. The fourth-order valence-corrected chi connectivity index (χ4v) is 2.29. The molecular weight excluding hydrogens is 184 g/mol. The molecule has 0 N–H and O–H groups in total. The SMILES string of the molecule is CN1CCc2nc3cccccc-3c2C1. The summed E-state index contributed by atoms with van der Waals surface area (Å²) in [5.74, 6) is 0. The molecule has 0 radical (unpaired) electrons. The van der Waals surface area contributed by atoms with E-state index >= 15 is 0 Å². The van der Waals surface area contributed by atoms with Crippen LogP contribution in [0.3, 0.4) is 0 Å². The van der Waals surface area contributed by atoms with Crippen LogP contribution >= 0.6 is 0 Å². The molecule has 2 heterocycles. The Morgan fingerprint density at radius 3 is 3.00 bits per heavy atom. The Balaban J connectivity index is 2.20. The summed E-state index contributed by atoms with van der Waals surface area (Å²) in [5, 5.41) is 0. The minimum Gasteiger partial charge on any atom is -0.302 e. The van der Waals surface area contributed by atoms with Gasteiger partial charge in [0.1, 0.15) is 0 Å². The molecule has 0 aromatic rings. The summed E-state index contributed by atoms with van der Waals surface area (Å²) in [6.45, 7) is 2.16. The van der Waals surface area contributed by atoms with Gasteiger partial charge in [0.25, 0.3) is 0 Å². The van der Waals surface area contributed by atoms with Gasteiger partial charge in [0.15, 0.2) is 0 Å². The van der Waals surface area contributed by atoms with Gasteiger partial charge in [-0.1, -0.05) is 24.3 Å². The predicted octanol–water partition coefficient (Wildman–Crippen LogP) is 2.17. The second-order valence-electron chi connectivity index (χ2n) is 4.23. The molecule has 0 fully saturated rings. The highest BCUT2D eigenvalue weighted by molar-refractivity contribution is 5.67. The van der Waals surface area contributed by atoms with E-state index in [0.717, 1.165) is 25.2 Å². The summed E-state index contributed by atoms with van der Waals surface area (Å²) in [7, 11) is 2.17. The maximum Gasteiger partial charge on any atom is 0.0709 e. The minimum atomic E-state index is 1.04. The Kier molecular flexibility index (Phi) is 1.96. The lowest BCUT2D eigenvalue weighted by molar-refractivity contribution is 0.312. The number of fused-ring (bicyclic) bond motifs is 3. The van der Waals surface area contributed by atoms with Crippen molar-refractivity contribution in [3.63, 3.8) is 0 Å². The maximum atomic E-state index is 4.70. The van der Waals surface area contributed by atoms with Gasteiger partial charge in [-0.25, -0.2) is 0 Å². The van der Waals surface area contributed by atoms with Gasteiger partial charge in [-0.05, 0) is 18.7 Å². The molecule has 0 aromatic carbocycles. The third kappa shape index (κ3) is 1.41. The molecule has 0 unspecified atom stereocenters. The Labute approximate surface area is 89.9 Å². The van der Waals surface area contributed by atoms with Crippen LogP contribution in [0.2, 0.25) is 0 Å². The van der Waals surface area contributed by atoms with Crippen molar-refractivity contribution in [3.05, 3.63) is 41.6 Å². The predicted molar refractivity (Wildman–Crippen MR) is 60.9 cm³/mol. The molecule has 0 aromatic heterocycles. The van der Waals surface area contributed by atoms with Crippen molar-refractivity contribution in [3.8, 4) is 11.3 Å². The highest BCUT2D eigenvalue weighted by Crippen LogP contribution is 2.31. The Hall–Kier alpha value is -1.41. The van der Waals surface area contributed by atoms with Gasteiger partial charge in [-0.15, -0.1) is 0 Å². The van der Waals surface area contributed by atoms with Crippen LogP contribution in [0.15, 0.2) is 30.3 Å². The van der Waals surface area contributed by atoms with E-state index < -0.39 is 0 Å². The molecule has 1 aliphatic carbocycles. The standard InChI is InChI=1S/C13H14N2/c1-15-8-7-13-11(9-15)10-5-3-2-4-6-12(10)14-13/h2-6H,7-9H2,1H3. The number of rotatable bonds is 0. The first kappa shape index (κ1) is 8.86. The quantitative estimate of drug-likeness (QED) is 0.645. The van der Waals surface area contributed by atoms with E-state index in [4.69, 9.17) is 4.98 Å². The number of likely N-dealkylation sites (N-methyl/N-ethyl adjacent to an activating group) is 1. The largest absolute Gasteiger partial charge is 0.302 e. The van der Waals surface area contributed by atoms with Crippen molar-refractivity contribution in [1.82, 2.24) is 9.88 Å². The topological polar surface area (TPSA) is 16.1 Å². The average molecular weight is 198 g/mol. The van der Waals surface area contributed by atoms with E-state index in [9.17, 15) is 0 Å². The van der Waals surface area contributed by atoms with Crippen molar-refractivity contribution in [1.29, 1.82) is 0 Å². The van der Waals surface area contributed by atoms with E-state index in [1.807, 2.05) is 0 Å².